The summed E-state index contributed by atoms with van der Waals surface area (Å²) in [5, 5.41) is 2.78. The van der Waals surface area contributed by atoms with Gasteiger partial charge in [-0.25, -0.2) is 4.79 Å². The van der Waals surface area contributed by atoms with E-state index in [1.165, 1.54) is 4.90 Å². The number of carbonyl (C=O) groups is 3. The summed E-state index contributed by atoms with van der Waals surface area (Å²) in [7, 11) is 0. The van der Waals surface area contributed by atoms with Crippen LogP contribution < -0.4 is 19.7 Å². The van der Waals surface area contributed by atoms with Crippen LogP contribution in [0.5, 0.6) is 11.5 Å². The van der Waals surface area contributed by atoms with Crippen molar-refractivity contribution in [1.82, 2.24) is 0 Å². The molecule has 1 atom stereocenters. The number of carbonyl (C=O) groups excluding carboxylic acids is 3. The third-order valence-electron chi connectivity index (χ3n) is 4.48. The van der Waals surface area contributed by atoms with Gasteiger partial charge >= 0.3 is 5.97 Å². The van der Waals surface area contributed by atoms with Crippen LogP contribution in [0.1, 0.15) is 20.3 Å². The summed E-state index contributed by atoms with van der Waals surface area (Å²) in [5.74, 6) is -0.0618. The zero-order chi connectivity index (χ0) is 21.5. The molecule has 30 heavy (non-hydrogen) atoms. The highest BCUT2D eigenvalue weighted by atomic mass is 16.6. The van der Waals surface area contributed by atoms with Crippen molar-refractivity contribution < 1.29 is 28.6 Å². The Morgan fingerprint density at radius 1 is 1.03 bits per heavy atom. The first-order valence-electron chi connectivity index (χ1n) is 9.70. The van der Waals surface area contributed by atoms with Crippen LogP contribution in [-0.2, 0) is 19.1 Å². The number of anilines is 2. The summed E-state index contributed by atoms with van der Waals surface area (Å²) in [6, 6.07) is 13.5. The predicted octanol–water partition coefficient (Wildman–Crippen LogP) is 2.77. The summed E-state index contributed by atoms with van der Waals surface area (Å²) in [6.07, 6.45) is 0.148. The summed E-state index contributed by atoms with van der Waals surface area (Å²) in [4.78, 5) is 38.3. The lowest BCUT2D eigenvalue weighted by atomic mass is 10.1. The molecule has 0 bridgehead atoms. The fourth-order valence-electron chi connectivity index (χ4n) is 3.16. The molecule has 8 heteroatoms. The second-order valence-electron chi connectivity index (χ2n) is 6.74. The highest BCUT2D eigenvalue weighted by molar-refractivity contribution is 6.05. The molecular formula is C22H24N2O6. The highest BCUT2D eigenvalue weighted by Crippen LogP contribution is 2.31. The number of rotatable bonds is 7. The lowest BCUT2D eigenvalue weighted by Gasteiger charge is -2.27. The van der Waals surface area contributed by atoms with Crippen LogP contribution in [0, 0.1) is 0 Å². The van der Waals surface area contributed by atoms with Crippen LogP contribution in [0.3, 0.4) is 0 Å². The van der Waals surface area contributed by atoms with Crippen LogP contribution in [0.25, 0.3) is 0 Å². The Morgan fingerprint density at radius 2 is 1.70 bits per heavy atom. The zero-order valence-electron chi connectivity index (χ0n) is 16.9. The minimum atomic E-state index is -0.665. The molecule has 2 amide bonds. The molecule has 1 aliphatic heterocycles. The maximum Gasteiger partial charge on any atom is 0.344 e. The first-order valence-corrected chi connectivity index (χ1v) is 9.70. The molecule has 0 spiro atoms. The Bertz CT molecular complexity index is 912. The molecule has 0 radical (unpaired) electrons. The molecular weight excluding hydrogens is 388 g/mol. The molecule has 0 saturated heterocycles. The molecule has 0 unspecified atom stereocenters. The van der Waals surface area contributed by atoms with E-state index in [2.05, 4.69) is 5.32 Å². The van der Waals surface area contributed by atoms with Gasteiger partial charge in [0, 0.05) is 12.5 Å². The van der Waals surface area contributed by atoms with E-state index in [1.54, 1.807) is 55.5 Å². The fourth-order valence-corrected chi connectivity index (χ4v) is 3.16. The normalized spacial score (nSPS) is 15.5. The molecule has 8 nitrogen and oxygen atoms in total. The van der Waals surface area contributed by atoms with Crippen molar-refractivity contribution in [2.75, 3.05) is 30.0 Å². The van der Waals surface area contributed by atoms with Crippen LogP contribution in [0.4, 0.5) is 11.4 Å². The number of hydrogen-bond acceptors (Lipinski definition) is 6. The van der Waals surface area contributed by atoms with Crippen molar-refractivity contribution in [2.45, 2.75) is 26.3 Å². The van der Waals surface area contributed by atoms with Crippen molar-refractivity contribution in [1.29, 1.82) is 0 Å². The van der Waals surface area contributed by atoms with Gasteiger partial charge in [0.2, 0.25) is 5.91 Å². The quantitative estimate of drug-likeness (QED) is 0.703. The SMILES string of the molecule is CCOc1ccc(OCC(=O)OCC(=O)N2c3ccccc3NC(=O)C[C@@H]2C)cc1. The van der Waals surface area contributed by atoms with Gasteiger partial charge < -0.3 is 24.4 Å². The first kappa shape index (κ1) is 21.2. The lowest BCUT2D eigenvalue weighted by molar-refractivity contribution is -0.149. The molecule has 2 aromatic rings. The van der Waals surface area contributed by atoms with E-state index in [0.29, 0.717) is 29.5 Å². The molecule has 0 saturated carbocycles. The molecule has 0 aromatic heterocycles. The Hall–Kier alpha value is -3.55. The lowest BCUT2D eigenvalue weighted by Crippen LogP contribution is -2.41. The molecule has 3 rings (SSSR count). The van der Waals surface area contributed by atoms with Crippen molar-refractivity contribution in [3.05, 3.63) is 48.5 Å². The minimum absolute atomic E-state index is 0.148. The topological polar surface area (TPSA) is 94.2 Å². The van der Waals surface area contributed by atoms with Gasteiger partial charge in [-0.05, 0) is 50.2 Å². The molecule has 1 heterocycles. The molecule has 0 aliphatic carbocycles. The number of ether oxygens (including phenoxy) is 3. The summed E-state index contributed by atoms with van der Waals surface area (Å²) >= 11 is 0. The van der Waals surface area contributed by atoms with E-state index in [-0.39, 0.29) is 25.0 Å². The van der Waals surface area contributed by atoms with Gasteiger partial charge in [0.25, 0.3) is 5.91 Å². The van der Waals surface area contributed by atoms with E-state index < -0.39 is 18.5 Å². The number of amides is 2. The van der Waals surface area contributed by atoms with Gasteiger partial charge in [0.15, 0.2) is 13.2 Å². The second kappa shape index (κ2) is 9.78. The Labute approximate surface area is 174 Å². The van der Waals surface area contributed by atoms with Crippen LogP contribution in [-0.4, -0.2) is 43.6 Å². The number of benzene rings is 2. The van der Waals surface area contributed by atoms with E-state index in [1.807, 2.05) is 6.92 Å². The number of nitrogens with zero attached hydrogens (tertiary/aromatic N) is 1. The van der Waals surface area contributed by atoms with Gasteiger partial charge in [0.1, 0.15) is 11.5 Å². The van der Waals surface area contributed by atoms with Gasteiger partial charge in [0.05, 0.1) is 18.0 Å². The molecule has 0 fully saturated rings. The monoisotopic (exact) mass is 412 g/mol. The Kier molecular flexibility index (Phi) is 6.90. The molecule has 1 aliphatic rings. The van der Waals surface area contributed by atoms with Crippen LogP contribution in [0.15, 0.2) is 48.5 Å². The van der Waals surface area contributed by atoms with E-state index in [4.69, 9.17) is 14.2 Å². The number of fused-ring (bicyclic) bond motifs is 1. The van der Waals surface area contributed by atoms with E-state index in [9.17, 15) is 14.4 Å². The van der Waals surface area contributed by atoms with E-state index in [0.717, 1.165) is 0 Å². The van der Waals surface area contributed by atoms with Crippen LogP contribution in [0.2, 0.25) is 0 Å². The Morgan fingerprint density at radius 3 is 2.40 bits per heavy atom. The number of hydrogen-bond donors (Lipinski definition) is 1. The smallest absolute Gasteiger partial charge is 0.344 e. The van der Waals surface area contributed by atoms with Gasteiger partial charge in [-0.15, -0.1) is 0 Å². The standard InChI is InChI=1S/C22H24N2O6/c1-3-28-16-8-10-17(11-9-16)29-14-22(27)30-13-21(26)24-15(2)12-20(25)23-18-6-4-5-7-19(18)24/h4-11,15H,3,12-14H2,1-2H3,(H,23,25)/t15-/m0/s1. The zero-order valence-corrected chi connectivity index (χ0v) is 16.9. The maximum absolute atomic E-state index is 12.8. The highest BCUT2D eigenvalue weighted by Gasteiger charge is 2.30. The third kappa shape index (κ3) is 5.28. The van der Waals surface area contributed by atoms with Crippen molar-refractivity contribution in [3.8, 4) is 11.5 Å². The second-order valence-corrected chi connectivity index (χ2v) is 6.74. The third-order valence-corrected chi connectivity index (χ3v) is 4.48. The molecule has 158 valence electrons. The summed E-state index contributed by atoms with van der Waals surface area (Å²) < 4.78 is 15.8. The van der Waals surface area contributed by atoms with Crippen molar-refractivity contribution in [3.63, 3.8) is 0 Å². The Balaban J connectivity index is 1.55. The summed E-state index contributed by atoms with van der Waals surface area (Å²) in [5.41, 5.74) is 1.12. The number of nitrogens with one attached hydrogen (secondary N) is 1. The molecule has 1 N–H and O–H groups in total. The number of esters is 1. The van der Waals surface area contributed by atoms with Crippen LogP contribution >= 0.6 is 0 Å². The number of para-hydroxylation sites is 2. The average molecular weight is 412 g/mol. The van der Waals surface area contributed by atoms with Crippen molar-refractivity contribution in [2.24, 2.45) is 0 Å². The van der Waals surface area contributed by atoms with Crippen molar-refractivity contribution >= 4 is 29.2 Å². The largest absolute Gasteiger partial charge is 0.494 e. The van der Waals surface area contributed by atoms with Gasteiger partial charge in [-0.1, -0.05) is 12.1 Å². The maximum atomic E-state index is 12.8. The van der Waals surface area contributed by atoms with Gasteiger partial charge in [-0.2, -0.15) is 0 Å². The molecule has 2 aromatic carbocycles. The minimum Gasteiger partial charge on any atom is -0.494 e. The fraction of sp³-hybridized carbons (Fsp3) is 0.318. The first-order chi connectivity index (χ1) is 14.5. The average Bonchev–Trinajstić information content (AvgIpc) is 2.86. The predicted molar refractivity (Wildman–Crippen MR) is 111 cm³/mol. The van der Waals surface area contributed by atoms with Gasteiger partial charge in [-0.3, -0.25) is 9.59 Å². The van der Waals surface area contributed by atoms with E-state index >= 15 is 0 Å². The summed E-state index contributed by atoms with van der Waals surface area (Å²) in [6.45, 7) is 3.45.